The summed E-state index contributed by atoms with van der Waals surface area (Å²) in [6, 6.07) is 12.7. The number of benzene rings is 2. The van der Waals surface area contributed by atoms with Gasteiger partial charge in [-0.25, -0.2) is 4.39 Å². The summed E-state index contributed by atoms with van der Waals surface area (Å²) in [7, 11) is 0. The second-order valence-corrected chi connectivity index (χ2v) is 6.57. The van der Waals surface area contributed by atoms with Crippen LogP contribution < -0.4 is 10.6 Å². The Balaban J connectivity index is 1.61. The molecule has 1 heterocycles. The molecule has 0 saturated heterocycles. The molecule has 26 heavy (non-hydrogen) atoms. The molecule has 0 aliphatic carbocycles. The Kier molecular flexibility index (Phi) is 5.85. The SMILES string of the molecule is CCc1ccc(NC(=S)Nc2cnn(Cc3c(F)cccc3Cl)c2)cc1. The Bertz CT molecular complexity index is 888. The van der Waals surface area contributed by atoms with E-state index in [-0.39, 0.29) is 12.4 Å². The Hall–Kier alpha value is -2.44. The van der Waals surface area contributed by atoms with Gasteiger partial charge in [0.05, 0.1) is 18.4 Å². The van der Waals surface area contributed by atoms with E-state index in [4.69, 9.17) is 23.8 Å². The van der Waals surface area contributed by atoms with Crippen LogP contribution in [0.25, 0.3) is 0 Å². The molecule has 7 heteroatoms. The summed E-state index contributed by atoms with van der Waals surface area (Å²) in [5.74, 6) is -0.352. The molecule has 2 aromatic carbocycles. The molecule has 4 nitrogen and oxygen atoms in total. The highest BCUT2D eigenvalue weighted by Gasteiger charge is 2.09. The monoisotopic (exact) mass is 388 g/mol. The molecule has 3 rings (SSSR count). The first-order valence-corrected chi connectivity index (χ1v) is 8.96. The number of hydrogen-bond acceptors (Lipinski definition) is 2. The van der Waals surface area contributed by atoms with Crippen LogP contribution in [0.5, 0.6) is 0 Å². The summed E-state index contributed by atoms with van der Waals surface area (Å²) in [5, 5.41) is 11.2. The number of aryl methyl sites for hydroxylation is 1. The standard InChI is InChI=1S/C19H18ClFN4S/c1-2-13-6-8-14(9-7-13)23-19(26)24-15-10-22-25(11-15)12-16-17(20)4-3-5-18(16)21/h3-11H,2,12H2,1H3,(H2,23,24,26). The average molecular weight is 389 g/mol. The van der Waals surface area contributed by atoms with Gasteiger partial charge >= 0.3 is 0 Å². The van der Waals surface area contributed by atoms with Gasteiger partial charge in [0.2, 0.25) is 0 Å². The second kappa shape index (κ2) is 8.29. The molecule has 2 N–H and O–H groups in total. The van der Waals surface area contributed by atoms with Crippen molar-refractivity contribution in [2.24, 2.45) is 0 Å². The van der Waals surface area contributed by atoms with Gasteiger partial charge in [-0.2, -0.15) is 5.10 Å². The van der Waals surface area contributed by atoms with Crippen LogP contribution in [0.1, 0.15) is 18.1 Å². The number of halogens is 2. The summed E-state index contributed by atoms with van der Waals surface area (Å²) in [4.78, 5) is 0. The predicted octanol–water partition coefficient (Wildman–Crippen LogP) is 5.10. The van der Waals surface area contributed by atoms with Crippen molar-refractivity contribution in [1.82, 2.24) is 9.78 Å². The lowest BCUT2D eigenvalue weighted by Crippen LogP contribution is -2.18. The molecular weight excluding hydrogens is 371 g/mol. The van der Waals surface area contributed by atoms with Gasteiger partial charge in [0, 0.05) is 22.5 Å². The van der Waals surface area contributed by atoms with Crippen molar-refractivity contribution in [3.05, 3.63) is 76.8 Å². The quantitative estimate of drug-likeness (QED) is 0.597. The summed E-state index contributed by atoms with van der Waals surface area (Å²) < 4.78 is 15.5. The minimum Gasteiger partial charge on any atom is -0.332 e. The molecule has 0 spiro atoms. The Morgan fingerprint density at radius 3 is 2.58 bits per heavy atom. The summed E-state index contributed by atoms with van der Waals surface area (Å²) in [6.45, 7) is 2.35. The number of rotatable bonds is 5. The molecular formula is C19H18ClFN4S. The van der Waals surface area contributed by atoms with Crippen molar-refractivity contribution < 1.29 is 4.39 Å². The van der Waals surface area contributed by atoms with Gasteiger partial charge < -0.3 is 10.6 Å². The topological polar surface area (TPSA) is 41.9 Å². The third kappa shape index (κ3) is 4.59. The molecule has 0 atom stereocenters. The zero-order chi connectivity index (χ0) is 18.5. The van der Waals surface area contributed by atoms with E-state index in [0.29, 0.717) is 21.4 Å². The lowest BCUT2D eigenvalue weighted by atomic mass is 10.1. The van der Waals surface area contributed by atoms with Gasteiger partial charge in [-0.05, 0) is 48.5 Å². The fourth-order valence-electron chi connectivity index (χ4n) is 2.48. The first kappa shape index (κ1) is 18.4. The first-order chi connectivity index (χ1) is 12.5. The van der Waals surface area contributed by atoms with E-state index in [9.17, 15) is 4.39 Å². The molecule has 0 saturated carbocycles. The maximum atomic E-state index is 13.9. The molecule has 0 radical (unpaired) electrons. The van der Waals surface area contributed by atoms with Crippen LogP contribution >= 0.6 is 23.8 Å². The van der Waals surface area contributed by atoms with Crippen LogP contribution in [0.3, 0.4) is 0 Å². The van der Waals surface area contributed by atoms with E-state index in [1.54, 1.807) is 29.2 Å². The van der Waals surface area contributed by atoms with Gasteiger partial charge in [0.25, 0.3) is 0 Å². The highest BCUT2D eigenvalue weighted by Crippen LogP contribution is 2.20. The van der Waals surface area contributed by atoms with E-state index >= 15 is 0 Å². The molecule has 0 amide bonds. The fourth-order valence-corrected chi connectivity index (χ4v) is 2.94. The molecule has 3 aromatic rings. The van der Waals surface area contributed by atoms with Crippen molar-refractivity contribution in [2.75, 3.05) is 10.6 Å². The van der Waals surface area contributed by atoms with Crippen molar-refractivity contribution >= 4 is 40.3 Å². The zero-order valence-corrected chi connectivity index (χ0v) is 15.7. The second-order valence-electron chi connectivity index (χ2n) is 5.76. The van der Waals surface area contributed by atoms with Gasteiger partial charge in [0.1, 0.15) is 5.82 Å². The van der Waals surface area contributed by atoms with Gasteiger partial charge in [-0.15, -0.1) is 0 Å². The first-order valence-electron chi connectivity index (χ1n) is 8.17. The molecule has 0 fully saturated rings. The third-order valence-electron chi connectivity index (χ3n) is 3.89. The lowest BCUT2D eigenvalue weighted by Gasteiger charge is -2.09. The van der Waals surface area contributed by atoms with Gasteiger partial charge in [-0.1, -0.05) is 36.7 Å². The van der Waals surface area contributed by atoms with Crippen molar-refractivity contribution in [1.29, 1.82) is 0 Å². The number of hydrogen-bond donors (Lipinski definition) is 2. The van der Waals surface area contributed by atoms with E-state index < -0.39 is 0 Å². The normalized spacial score (nSPS) is 10.6. The number of aromatic nitrogens is 2. The Morgan fingerprint density at radius 2 is 1.88 bits per heavy atom. The largest absolute Gasteiger partial charge is 0.332 e. The summed E-state index contributed by atoms with van der Waals surface area (Å²) >= 11 is 11.4. The van der Waals surface area contributed by atoms with Crippen LogP contribution in [-0.4, -0.2) is 14.9 Å². The predicted molar refractivity (Wildman–Crippen MR) is 108 cm³/mol. The summed E-state index contributed by atoms with van der Waals surface area (Å²) in [5.41, 5.74) is 3.29. The number of nitrogens with one attached hydrogen (secondary N) is 2. The number of nitrogens with zero attached hydrogens (tertiary/aromatic N) is 2. The smallest absolute Gasteiger partial charge is 0.175 e. The Morgan fingerprint density at radius 1 is 1.15 bits per heavy atom. The summed E-state index contributed by atoms with van der Waals surface area (Å²) in [6.07, 6.45) is 4.37. The lowest BCUT2D eigenvalue weighted by molar-refractivity contribution is 0.585. The van der Waals surface area contributed by atoms with Crippen LogP contribution in [0.4, 0.5) is 15.8 Å². The van der Waals surface area contributed by atoms with Crippen molar-refractivity contribution in [3.8, 4) is 0 Å². The minimum atomic E-state index is -0.352. The Labute approximate surface area is 162 Å². The van der Waals surface area contributed by atoms with E-state index in [1.807, 2.05) is 12.1 Å². The van der Waals surface area contributed by atoms with Crippen LogP contribution in [0.15, 0.2) is 54.9 Å². The zero-order valence-electron chi connectivity index (χ0n) is 14.2. The van der Waals surface area contributed by atoms with Gasteiger partial charge in [-0.3, -0.25) is 4.68 Å². The van der Waals surface area contributed by atoms with Gasteiger partial charge in [0.15, 0.2) is 5.11 Å². The molecule has 0 aliphatic heterocycles. The average Bonchev–Trinajstić information content (AvgIpc) is 3.06. The molecule has 0 unspecified atom stereocenters. The van der Waals surface area contributed by atoms with E-state index in [1.165, 1.54) is 11.6 Å². The maximum absolute atomic E-state index is 13.9. The highest BCUT2D eigenvalue weighted by atomic mass is 35.5. The molecule has 134 valence electrons. The van der Waals surface area contributed by atoms with E-state index in [2.05, 4.69) is 34.8 Å². The number of anilines is 2. The highest BCUT2D eigenvalue weighted by molar-refractivity contribution is 7.80. The van der Waals surface area contributed by atoms with Crippen molar-refractivity contribution in [2.45, 2.75) is 19.9 Å². The van der Waals surface area contributed by atoms with Crippen LogP contribution in [0, 0.1) is 5.82 Å². The molecule has 0 bridgehead atoms. The molecule has 0 aliphatic rings. The molecule has 1 aromatic heterocycles. The maximum Gasteiger partial charge on any atom is 0.175 e. The third-order valence-corrected chi connectivity index (χ3v) is 4.45. The minimum absolute atomic E-state index is 0.242. The van der Waals surface area contributed by atoms with E-state index in [0.717, 1.165) is 12.1 Å². The van der Waals surface area contributed by atoms with Crippen LogP contribution in [-0.2, 0) is 13.0 Å². The fraction of sp³-hybridized carbons (Fsp3) is 0.158. The van der Waals surface area contributed by atoms with Crippen LogP contribution in [0.2, 0.25) is 5.02 Å². The van der Waals surface area contributed by atoms with Crippen molar-refractivity contribution in [3.63, 3.8) is 0 Å². The number of thiocarbonyl (C=S) groups is 1.